The molecule has 2 saturated heterocycles. The molecular formula is C17H26ClN3O4S. The van der Waals surface area contributed by atoms with E-state index in [-0.39, 0.29) is 24.4 Å². The molecule has 7 nitrogen and oxygen atoms in total. The zero-order chi connectivity index (χ0) is 17.9. The monoisotopic (exact) mass is 403 g/mol. The van der Waals surface area contributed by atoms with Crippen molar-refractivity contribution in [3.63, 3.8) is 0 Å². The Morgan fingerprint density at radius 3 is 2.50 bits per heavy atom. The summed E-state index contributed by atoms with van der Waals surface area (Å²) in [7, 11) is -3.52. The number of ether oxygens (including phenoxy) is 1. The van der Waals surface area contributed by atoms with Gasteiger partial charge >= 0.3 is 0 Å². The topological polar surface area (TPSA) is 92.9 Å². The summed E-state index contributed by atoms with van der Waals surface area (Å²) in [6, 6.07) is 8.42. The Bertz CT molecular complexity index is 701. The highest BCUT2D eigenvalue weighted by atomic mass is 35.5. The van der Waals surface area contributed by atoms with Gasteiger partial charge in [0.1, 0.15) is 6.10 Å². The van der Waals surface area contributed by atoms with E-state index in [9.17, 15) is 13.2 Å². The van der Waals surface area contributed by atoms with Gasteiger partial charge in [0.05, 0.1) is 11.0 Å². The Hall–Kier alpha value is -1.19. The van der Waals surface area contributed by atoms with E-state index >= 15 is 0 Å². The molecule has 146 valence electrons. The van der Waals surface area contributed by atoms with Crippen LogP contribution in [0.3, 0.4) is 0 Å². The Kier molecular flexibility index (Phi) is 7.42. The molecule has 9 heteroatoms. The first kappa shape index (κ1) is 21.1. The van der Waals surface area contributed by atoms with Crippen LogP contribution >= 0.6 is 12.4 Å². The van der Waals surface area contributed by atoms with E-state index in [0.717, 1.165) is 6.42 Å². The minimum Gasteiger partial charge on any atom is -0.364 e. The zero-order valence-corrected chi connectivity index (χ0v) is 16.3. The van der Waals surface area contributed by atoms with Crippen LogP contribution in [0.25, 0.3) is 0 Å². The lowest BCUT2D eigenvalue weighted by molar-refractivity contribution is -0.142. The summed E-state index contributed by atoms with van der Waals surface area (Å²) < 4.78 is 32.6. The third kappa shape index (κ3) is 4.55. The first-order chi connectivity index (χ1) is 12.0. The number of nitrogens with zero attached hydrogens (tertiary/aromatic N) is 2. The molecule has 0 bridgehead atoms. The number of halogens is 1. The van der Waals surface area contributed by atoms with Gasteiger partial charge in [0.2, 0.25) is 10.0 Å². The number of sulfonamides is 1. The van der Waals surface area contributed by atoms with Crippen molar-refractivity contribution < 1.29 is 17.9 Å². The summed E-state index contributed by atoms with van der Waals surface area (Å²) >= 11 is 0. The van der Waals surface area contributed by atoms with Gasteiger partial charge in [-0.3, -0.25) is 4.79 Å². The number of amides is 1. The normalized spacial score (nSPS) is 24.7. The Labute approximate surface area is 160 Å². The van der Waals surface area contributed by atoms with Gasteiger partial charge in [-0.25, -0.2) is 8.42 Å². The molecule has 26 heavy (non-hydrogen) atoms. The van der Waals surface area contributed by atoms with E-state index in [0.29, 0.717) is 50.5 Å². The van der Waals surface area contributed by atoms with E-state index in [2.05, 4.69) is 0 Å². The van der Waals surface area contributed by atoms with E-state index in [4.69, 9.17) is 10.5 Å². The highest BCUT2D eigenvalue weighted by molar-refractivity contribution is 7.89. The van der Waals surface area contributed by atoms with Gasteiger partial charge in [-0.2, -0.15) is 4.31 Å². The number of carbonyl (C=O) groups excluding carboxylic acids is 1. The fraction of sp³-hybridized carbons (Fsp3) is 0.588. The first-order valence-electron chi connectivity index (χ1n) is 8.72. The van der Waals surface area contributed by atoms with Crippen molar-refractivity contribution in [2.45, 2.75) is 36.4 Å². The van der Waals surface area contributed by atoms with E-state index in [1.54, 1.807) is 35.2 Å². The number of benzene rings is 1. The smallest absolute Gasteiger partial charge is 0.251 e. The summed E-state index contributed by atoms with van der Waals surface area (Å²) in [6.07, 6.45) is 1.62. The largest absolute Gasteiger partial charge is 0.364 e. The van der Waals surface area contributed by atoms with Crippen LogP contribution in [0.1, 0.15) is 19.3 Å². The maximum Gasteiger partial charge on any atom is 0.251 e. The lowest BCUT2D eigenvalue weighted by Gasteiger charge is -2.24. The number of carbonyl (C=O) groups is 1. The highest BCUT2D eigenvalue weighted by Gasteiger charge is 2.34. The molecule has 0 unspecified atom stereocenters. The van der Waals surface area contributed by atoms with E-state index < -0.39 is 16.1 Å². The third-order valence-electron chi connectivity index (χ3n) is 4.79. The molecule has 0 radical (unpaired) electrons. The van der Waals surface area contributed by atoms with Crippen LogP contribution in [0.5, 0.6) is 0 Å². The average molecular weight is 404 g/mol. The molecule has 2 atom stereocenters. The molecule has 2 fully saturated rings. The van der Waals surface area contributed by atoms with Gasteiger partial charge in [0.25, 0.3) is 5.91 Å². The number of nitrogens with two attached hydrogens (primary N) is 1. The standard InChI is InChI=1S/C17H25N3O4S.ClH/c18-13-14-7-8-16(24-14)17(21)19-9-4-10-20(12-11-19)25(22,23)15-5-2-1-3-6-15;/h1-3,5-6,14,16H,4,7-13,18H2;1H/t14-,16+;/m1./s1. The second-order valence-electron chi connectivity index (χ2n) is 6.46. The lowest BCUT2D eigenvalue weighted by Crippen LogP contribution is -2.42. The number of hydrogen-bond acceptors (Lipinski definition) is 5. The van der Waals surface area contributed by atoms with Crippen LogP contribution in [-0.2, 0) is 19.6 Å². The molecule has 1 amide bonds. The van der Waals surface area contributed by atoms with Crippen LogP contribution in [-0.4, -0.2) is 68.5 Å². The summed E-state index contributed by atoms with van der Waals surface area (Å²) in [5, 5.41) is 0. The maximum atomic E-state index is 12.7. The molecule has 0 spiro atoms. The molecule has 0 aliphatic carbocycles. The number of hydrogen-bond donors (Lipinski definition) is 1. The molecule has 2 aliphatic heterocycles. The molecule has 0 saturated carbocycles. The van der Waals surface area contributed by atoms with Crippen molar-refractivity contribution in [2.75, 3.05) is 32.7 Å². The summed E-state index contributed by atoms with van der Waals surface area (Å²) in [4.78, 5) is 14.7. The average Bonchev–Trinajstić information content (AvgIpc) is 2.98. The van der Waals surface area contributed by atoms with Crippen LogP contribution in [0.2, 0.25) is 0 Å². The van der Waals surface area contributed by atoms with Crippen molar-refractivity contribution in [1.82, 2.24) is 9.21 Å². The Morgan fingerprint density at radius 2 is 1.85 bits per heavy atom. The third-order valence-corrected chi connectivity index (χ3v) is 6.71. The van der Waals surface area contributed by atoms with Gasteiger partial charge in [-0.15, -0.1) is 12.4 Å². The van der Waals surface area contributed by atoms with Crippen molar-refractivity contribution in [3.05, 3.63) is 30.3 Å². The highest BCUT2D eigenvalue weighted by Crippen LogP contribution is 2.22. The van der Waals surface area contributed by atoms with Crippen molar-refractivity contribution in [2.24, 2.45) is 5.73 Å². The lowest BCUT2D eigenvalue weighted by atomic mass is 10.2. The predicted octanol–water partition coefficient (Wildman–Crippen LogP) is 0.838. The minimum absolute atomic E-state index is 0. The fourth-order valence-electron chi connectivity index (χ4n) is 3.36. The first-order valence-corrected chi connectivity index (χ1v) is 10.2. The Balaban J connectivity index is 0.00000243. The summed E-state index contributed by atoms with van der Waals surface area (Å²) in [6.45, 7) is 2.08. The van der Waals surface area contributed by atoms with Crippen LogP contribution in [0.4, 0.5) is 0 Å². The van der Waals surface area contributed by atoms with Crippen LogP contribution in [0, 0.1) is 0 Å². The maximum absolute atomic E-state index is 12.7. The molecule has 2 heterocycles. The fourth-order valence-corrected chi connectivity index (χ4v) is 4.85. The van der Waals surface area contributed by atoms with Gasteiger partial charge in [-0.05, 0) is 31.4 Å². The number of rotatable bonds is 4. The van der Waals surface area contributed by atoms with Crippen molar-refractivity contribution in [1.29, 1.82) is 0 Å². The Morgan fingerprint density at radius 1 is 1.12 bits per heavy atom. The molecular weight excluding hydrogens is 378 g/mol. The van der Waals surface area contributed by atoms with Gasteiger partial charge in [0, 0.05) is 32.7 Å². The second-order valence-corrected chi connectivity index (χ2v) is 8.39. The zero-order valence-electron chi connectivity index (χ0n) is 14.6. The molecule has 2 N–H and O–H groups in total. The van der Waals surface area contributed by atoms with Gasteiger partial charge in [-0.1, -0.05) is 18.2 Å². The summed E-state index contributed by atoms with van der Waals surface area (Å²) in [5.74, 6) is -0.0464. The minimum atomic E-state index is -3.52. The quantitative estimate of drug-likeness (QED) is 0.804. The van der Waals surface area contributed by atoms with Gasteiger partial charge in [0.15, 0.2) is 0 Å². The molecule has 2 aliphatic rings. The van der Waals surface area contributed by atoms with Crippen LogP contribution in [0.15, 0.2) is 35.2 Å². The molecule has 1 aromatic carbocycles. The van der Waals surface area contributed by atoms with Crippen molar-refractivity contribution in [3.8, 4) is 0 Å². The SMILES string of the molecule is Cl.NC[C@H]1CC[C@@H](C(=O)N2CCCN(S(=O)(=O)c3ccccc3)CC2)O1. The molecule has 3 rings (SSSR count). The van der Waals surface area contributed by atoms with Crippen molar-refractivity contribution >= 4 is 28.3 Å². The van der Waals surface area contributed by atoms with E-state index in [1.807, 2.05) is 0 Å². The summed E-state index contributed by atoms with van der Waals surface area (Å²) in [5.41, 5.74) is 5.60. The predicted molar refractivity (Wildman–Crippen MR) is 101 cm³/mol. The molecule has 1 aromatic rings. The second kappa shape index (κ2) is 9.14. The van der Waals surface area contributed by atoms with E-state index in [1.165, 1.54) is 4.31 Å². The van der Waals surface area contributed by atoms with Gasteiger partial charge < -0.3 is 15.4 Å². The van der Waals surface area contributed by atoms with Crippen LogP contribution < -0.4 is 5.73 Å². The molecule has 0 aromatic heterocycles.